The van der Waals surface area contributed by atoms with Crippen molar-refractivity contribution >= 4 is 12.0 Å². The van der Waals surface area contributed by atoms with Gasteiger partial charge in [0.05, 0.1) is 6.54 Å². The van der Waals surface area contributed by atoms with E-state index in [4.69, 9.17) is 5.11 Å². The standard InChI is InChI=1S/C10H16N4O4/c1-10(2,3)7(8(15)16)13-9(17)11-4-6-12-5-18-14-6/h5,7H,4H2,1-3H3,(H,15,16)(H2,11,13,17)/t7-/m0/s1. The Bertz CT molecular complexity index is 410. The van der Waals surface area contributed by atoms with Gasteiger partial charge in [-0.1, -0.05) is 25.9 Å². The van der Waals surface area contributed by atoms with Crippen LogP contribution in [0.3, 0.4) is 0 Å². The topological polar surface area (TPSA) is 117 Å². The summed E-state index contributed by atoms with van der Waals surface area (Å²) in [7, 11) is 0. The summed E-state index contributed by atoms with van der Waals surface area (Å²) < 4.78 is 4.49. The maximum absolute atomic E-state index is 11.5. The summed E-state index contributed by atoms with van der Waals surface area (Å²) in [6, 6.07) is -1.58. The van der Waals surface area contributed by atoms with Gasteiger partial charge in [0.2, 0.25) is 6.39 Å². The van der Waals surface area contributed by atoms with Crippen LogP contribution in [0.25, 0.3) is 0 Å². The van der Waals surface area contributed by atoms with Gasteiger partial charge in [0, 0.05) is 0 Å². The average Bonchev–Trinajstić information content (AvgIpc) is 2.73. The molecule has 8 nitrogen and oxygen atoms in total. The molecule has 0 fully saturated rings. The molecule has 1 heterocycles. The molecule has 1 atom stereocenters. The van der Waals surface area contributed by atoms with E-state index in [0.717, 1.165) is 6.39 Å². The summed E-state index contributed by atoms with van der Waals surface area (Å²) in [5.74, 6) is -0.773. The van der Waals surface area contributed by atoms with Crippen LogP contribution in [0, 0.1) is 5.41 Å². The predicted octanol–water partition coefficient (Wildman–Crippen LogP) is 0.368. The van der Waals surface area contributed by atoms with E-state index in [0.29, 0.717) is 5.82 Å². The van der Waals surface area contributed by atoms with Crippen molar-refractivity contribution < 1.29 is 19.2 Å². The lowest BCUT2D eigenvalue weighted by Gasteiger charge is -2.27. The molecule has 0 radical (unpaired) electrons. The maximum atomic E-state index is 11.5. The number of carbonyl (C=O) groups excluding carboxylic acids is 1. The molecule has 0 aromatic carbocycles. The lowest BCUT2D eigenvalue weighted by molar-refractivity contribution is -0.141. The van der Waals surface area contributed by atoms with E-state index in [1.807, 2.05) is 0 Å². The Labute approximate surface area is 104 Å². The van der Waals surface area contributed by atoms with E-state index in [2.05, 4.69) is 25.3 Å². The number of carboxylic acids is 1. The number of amides is 2. The molecule has 1 rings (SSSR count). The number of hydrogen-bond acceptors (Lipinski definition) is 5. The number of urea groups is 1. The first kappa shape index (κ1) is 13.9. The lowest BCUT2D eigenvalue weighted by atomic mass is 9.87. The van der Waals surface area contributed by atoms with Gasteiger partial charge in [-0.15, -0.1) is 0 Å². The van der Waals surface area contributed by atoms with E-state index < -0.39 is 23.5 Å². The van der Waals surface area contributed by atoms with Crippen molar-refractivity contribution in [2.45, 2.75) is 33.4 Å². The Kier molecular flexibility index (Phi) is 4.24. The van der Waals surface area contributed by atoms with Crippen LogP contribution >= 0.6 is 0 Å². The summed E-state index contributed by atoms with van der Waals surface area (Å²) in [6.45, 7) is 5.25. The Hall–Kier alpha value is -2.12. The molecule has 0 aliphatic heterocycles. The highest BCUT2D eigenvalue weighted by Gasteiger charge is 2.32. The first-order valence-electron chi connectivity index (χ1n) is 5.33. The van der Waals surface area contributed by atoms with Gasteiger partial charge in [-0.3, -0.25) is 0 Å². The largest absolute Gasteiger partial charge is 0.480 e. The lowest BCUT2D eigenvalue weighted by Crippen LogP contribution is -2.52. The van der Waals surface area contributed by atoms with Crippen molar-refractivity contribution in [1.29, 1.82) is 0 Å². The minimum absolute atomic E-state index is 0.0683. The number of carboxylic acid groups (broad SMARTS) is 1. The summed E-state index contributed by atoms with van der Waals surface area (Å²) in [6.07, 6.45) is 1.14. The second kappa shape index (κ2) is 5.48. The van der Waals surface area contributed by atoms with Crippen molar-refractivity contribution in [1.82, 2.24) is 20.8 Å². The summed E-state index contributed by atoms with van der Waals surface area (Å²) in [5, 5.41) is 17.4. The third-order valence-electron chi connectivity index (χ3n) is 2.20. The van der Waals surface area contributed by atoms with Crippen molar-refractivity contribution in [3.05, 3.63) is 12.2 Å². The number of carbonyl (C=O) groups is 2. The summed E-state index contributed by atoms with van der Waals surface area (Å²) >= 11 is 0. The molecular weight excluding hydrogens is 240 g/mol. The van der Waals surface area contributed by atoms with E-state index in [1.54, 1.807) is 20.8 Å². The first-order valence-corrected chi connectivity index (χ1v) is 5.33. The van der Waals surface area contributed by atoms with Gasteiger partial charge in [0.15, 0.2) is 5.82 Å². The fourth-order valence-electron chi connectivity index (χ4n) is 1.26. The Morgan fingerprint density at radius 1 is 1.50 bits per heavy atom. The molecule has 0 unspecified atom stereocenters. The molecule has 0 aliphatic rings. The van der Waals surface area contributed by atoms with Crippen LogP contribution in [0.5, 0.6) is 0 Å². The molecule has 2 amide bonds. The molecule has 0 saturated carbocycles. The number of nitrogens with zero attached hydrogens (tertiary/aromatic N) is 2. The third-order valence-corrected chi connectivity index (χ3v) is 2.20. The van der Waals surface area contributed by atoms with Crippen LogP contribution in [-0.2, 0) is 11.3 Å². The van der Waals surface area contributed by atoms with Gasteiger partial charge in [-0.2, -0.15) is 4.98 Å². The van der Waals surface area contributed by atoms with Gasteiger partial charge < -0.3 is 20.3 Å². The molecule has 18 heavy (non-hydrogen) atoms. The predicted molar refractivity (Wildman–Crippen MR) is 60.5 cm³/mol. The van der Waals surface area contributed by atoms with E-state index in [9.17, 15) is 9.59 Å². The van der Waals surface area contributed by atoms with Gasteiger partial charge in [-0.05, 0) is 5.41 Å². The third kappa shape index (κ3) is 4.04. The van der Waals surface area contributed by atoms with Gasteiger partial charge in [0.25, 0.3) is 0 Å². The van der Waals surface area contributed by atoms with E-state index in [1.165, 1.54) is 0 Å². The number of nitrogens with one attached hydrogen (secondary N) is 2. The fraction of sp³-hybridized carbons (Fsp3) is 0.600. The van der Waals surface area contributed by atoms with Crippen LogP contribution in [-0.4, -0.2) is 33.3 Å². The molecule has 0 aliphatic carbocycles. The van der Waals surface area contributed by atoms with Crippen LogP contribution in [0.1, 0.15) is 26.6 Å². The van der Waals surface area contributed by atoms with Gasteiger partial charge in [-0.25, -0.2) is 9.59 Å². The SMILES string of the molecule is CC(C)(C)[C@@H](NC(=O)NCc1ncon1)C(=O)O. The normalized spacial score (nSPS) is 12.8. The zero-order chi connectivity index (χ0) is 13.8. The minimum Gasteiger partial charge on any atom is -0.480 e. The number of aromatic nitrogens is 2. The number of aliphatic carboxylic acids is 1. The highest BCUT2D eigenvalue weighted by molar-refractivity contribution is 5.83. The second-order valence-electron chi connectivity index (χ2n) is 4.81. The molecule has 0 saturated heterocycles. The van der Waals surface area contributed by atoms with E-state index >= 15 is 0 Å². The maximum Gasteiger partial charge on any atom is 0.326 e. The number of rotatable bonds is 4. The van der Waals surface area contributed by atoms with E-state index in [-0.39, 0.29) is 6.54 Å². The zero-order valence-corrected chi connectivity index (χ0v) is 10.4. The highest BCUT2D eigenvalue weighted by Crippen LogP contribution is 2.19. The molecule has 0 spiro atoms. The average molecular weight is 256 g/mol. The van der Waals surface area contributed by atoms with Crippen molar-refractivity contribution in [3.8, 4) is 0 Å². The highest BCUT2D eigenvalue weighted by atomic mass is 16.5. The Balaban J connectivity index is 2.49. The van der Waals surface area contributed by atoms with Crippen molar-refractivity contribution in [2.24, 2.45) is 5.41 Å². The quantitative estimate of drug-likeness (QED) is 0.716. The summed E-state index contributed by atoms with van der Waals surface area (Å²) in [5.41, 5.74) is -0.588. The van der Waals surface area contributed by atoms with Crippen LogP contribution < -0.4 is 10.6 Å². The van der Waals surface area contributed by atoms with Crippen molar-refractivity contribution in [3.63, 3.8) is 0 Å². The fourth-order valence-corrected chi connectivity index (χ4v) is 1.26. The molecule has 100 valence electrons. The van der Waals surface area contributed by atoms with Gasteiger partial charge >= 0.3 is 12.0 Å². The number of hydrogen-bond donors (Lipinski definition) is 3. The van der Waals surface area contributed by atoms with Crippen LogP contribution in [0.4, 0.5) is 4.79 Å². The molecule has 0 bridgehead atoms. The molecule has 1 aromatic heterocycles. The molecule has 1 aromatic rings. The molecule has 3 N–H and O–H groups in total. The van der Waals surface area contributed by atoms with Crippen LogP contribution in [0.15, 0.2) is 10.9 Å². The Morgan fingerprint density at radius 3 is 2.61 bits per heavy atom. The van der Waals surface area contributed by atoms with Crippen molar-refractivity contribution in [2.75, 3.05) is 0 Å². The Morgan fingerprint density at radius 2 is 2.17 bits per heavy atom. The van der Waals surface area contributed by atoms with Gasteiger partial charge in [0.1, 0.15) is 6.04 Å². The smallest absolute Gasteiger partial charge is 0.326 e. The monoisotopic (exact) mass is 256 g/mol. The first-order chi connectivity index (χ1) is 8.30. The molecular formula is C10H16N4O4. The van der Waals surface area contributed by atoms with Crippen LogP contribution in [0.2, 0.25) is 0 Å². The molecule has 8 heteroatoms. The zero-order valence-electron chi connectivity index (χ0n) is 10.4. The summed E-state index contributed by atoms with van der Waals surface area (Å²) in [4.78, 5) is 26.3. The second-order valence-corrected chi connectivity index (χ2v) is 4.81. The minimum atomic E-state index is -1.09.